The fraction of sp³-hybridized carbons (Fsp3) is 0.00901. The number of anilines is 6. The molecule has 2 aromatic heterocycles. The van der Waals surface area contributed by atoms with E-state index in [4.69, 9.17) is 8.83 Å². The van der Waals surface area contributed by atoms with E-state index in [0.29, 0.717) is 0 Å². The number of nitrogens with zero attached hydrogens (tertiary/aromatic N) is 2. The van der Waals surface area contributed by atoms with Gasteiger partial charge in [-0.25, -0.2) is 0 Å². The van der Waals surface area contributed by atoms with Gasteiger partial charge in [0.15, 0.2) is 0 Å². The van der Waals surface area contributed by atoms with E-state index in [1.807, 2.05) is 6.07 Å². The van der Waals surface area contributed by atoms with Crippen LogP contribution in [-0.2, 0) is 5.41 Å². The van der Waals surface area contributed by atoms with Gasteiger partial charge in [0.2, 0.25) is 0 Å². The van der Waals surface area contributed by atoms with Gasteiger partial charge < -0.3 is 18.6 Å². The van der Waals surface area contributed by atoms with Crippen molar-refractivity contribution in [3.05, 3.63) is 459 Å². The molecule has 22 rings (SSSR count). The Kier molecular flexibility index (Phi) is 16.1. The number of benzene rings is 19. The van der Waals surface area contributed by atoms with Crippen molar-refractivity contribution in [2.45, 2.75) is 5.41 Å². The van der Waals surface area contributed by atoms with E-state index in [1.54, 1.807) is 0 Å². The van der Waals surface area contributed by atoms with Crippen LogP contribution in [0, 0.1) is 0 Å². The van der Waals surface area contributed by atoms with Crippen LogP contribution < -0.4 is 9.80 Å². The second kappa shape index (κ2) is 27.7. The molecule has 19 aromatic carbocycles. The molecule has 0 saturated heterocycles. The number of furan rings is 2. The van der Waals surface area contributed by atoms with Crippen LogP contribution in [0.4, 0.5) is 34.1 Å². The predicted molar refractivity (Wildman–Crippen MR) is 481 cm³/mol. The maximum Gasteiger partial charge on any atom is 0.136 e. The lowest BCUT2D eigenvalue weighted by Gasteiger charge is -2.34. The van der Waals surface area contributed by atoms with Crippen molar-refractivity contribution in [1.82, 2.24) is 0 Å². The summed E-state index contributed by atoms with van der Waals surface area (Å²) < 4.78 is 13.9. The maximum atomic E-state index is 7.28. The largest absolute Gasteiger partial charge is 0.456 e. The molecule has 1 aliphatic rings. The van der Waals surface area contributed by atoms with E-state index in [2.05, 4.69) is 441 Å². The van der Waals surface area contributed by atoms with Crippen molar-refractivity contribution in [3.63, 3.8) is 0 Å². The highest BCUT2D eigenvalue weighted by molar-refractivity contribution is 6.17. The van der Waals surface area contributed by atoms with Crippen LogP contribution in [0.25, 0.3) is 154 Å². The summed E-state index contributed by atoms with van der Waals surface area (Å²) in [6.45, 7) is 0. The van der Waals surface area contributed by atoms with Gasteiger partial charge in [0.1, 0.15) is 22.3 Å². The van der Waals surface area contributed by atoms with E-state index >= 15 is 0 Å². The Morgan fingerprint density at radius 3 is 1.28 bits per heavy atom. The molecule has 0 radical (unpaired) electrons. The summed E-state index contributed by atoms with van der Waals surface area (Å²) in [5, 5.41) is 9.05. The average Bonchev–Trinajstić information content (AvgIpc) is 1.53. The molecule has 0 spiro atoms. The highest BCUT2D eigenvalue weighted by Crippen LogP contribution is 2.61. The number of rotatable bonds is 15. The Morgan fingerprint density at radius 1 is 0.191 bits per heavy atom. The van der Waals surface area contributed by atoms with Gasteiger partial charge in [-0.2, -0.15) is 0 Å². The number of fused-ring (bicyclic) bond motifs is 11. The van der Waals surface area contributed by atoms with E-state index < -0.39 is 5.41 Å². The smallest absolute Gasteiger partial charge is 0.136 e. The molecule has 0 amide bonds. The van der Waals surface area contributed by atoms with Gasteiger partial charge in [-0.05, 0) is 208 Å². The molecule has 0 aliphatic heterocycles. The molecule has 115 heavy (non-hydrogen) atoms. The van der Waals surface area contributed by atoms with Crippen molar-refractivity contribution in [3.8, 4) is 89.0 Å². The molecule has 0 N–H and O–H groups in total. The second-order valence-electron chi connectivity index (χ2n) is 30.1. The quantitative estimate of drug-likeness (QED) is 0.102. The molecule has 2 heterocycles. The normalized spacial score (nSPS) is 12.2. The van der Waals surface area contributed by atoms with Crippen molar-refractivity contribution in [2.75, 3.05) is 9.80 Å². The van der Waals surface area contributed by atoms with Crippen LogP contribution in [0.2, 0.25) is 0 Å². The van der Waals surface area contributed by atoms with E-state index in [0.717, 1.165) is 150 Å². The van der Waals surface area contributed by atoms with Crippen molar-refractivity contribution >= 4 is 99.5 Å². The number of para-hydroxylation sites is 4. The first kappa shape index (κ1) is 66.9. The van der Waals surface area contributed by atoms with Gasteiger partial charge in [-0.1, -0.05) is 340 Å². The molecule has 0 fully saturated rings. The summed E-state index contributed by atoms with van der Waals surface area (Å²) in [6.07, 6.45) is 0. The van der Waals surface area contributed by atoms with Crippen molar-refractivity contribution < 1.29 is 8.83 Å². The topological polar surface area (TPSA) is 32.8 Å². The van der Waals surface area contributed by atoms with E-state index in [9.17, 15) is 0 Å². The molecule has 0 bridgehead atoms. The Hall–Kier alpha value is -15.1. The van der Waals surface area contributed by atoms with Crippen molar-refractivity contribution in [1.29, 1.82) is 0 Å². The third-order valence-corrected chi connectivity index (χ3v) is 23.7. The fourth-order valence-electron chi connectivity index (χ4n) is 18.6. The second-order valence-corrected chi connectivity index (χ2v) is 30.1. The SMILES string of the molecule is c1ccc(-c2ccccc2N(c2ccc(-c3ccc4c(c3)oc3cccc(-c5ccccc5N(c5ccc(-c6cccc(-c7ccc8ccccc8c7)c6)cc5)c5cccc6c5-c5ccccc5C6(c5ccccc5)c5ccccc5)c34)c(-c3ccc4ccccc4c3)c2)c2ccccc2-c2cccc3oc4ccccc4c23)cc1. The molecule has 0 atom stereocenters. The third kappa shape index (κ3) is 11.2. The van der Waals surface area contributed by atoms with Crippen LogP contribution in [0.3, 0.4) is 0 Å². The highest BCUT2D eigenvalue weighted by atomic mass is 16.3. The Labute approximate surface area is 667 Å². The summed E-state index contributed by atoms with van der Waals surface area (Å²) >= 11 is 0. The van der Waals surface area contributed by atoms with E-state index in [-0.39, 0.29) is 0 Å². The summed E-state index contributed by atoms with van der Waals surface area (Å²) in [4.78, 5) is 4.98. The minimum absolute atomic E-state index is 0.622. The maximum absolute atomic E-state index is 7.28. The third-order valence-electron chi connectivity index (χ3n) is 23.7. The zero-order valence-electron chi connectivity index (χ0n) is 62.8. The summed E-state index contributed by atoms with van der Waals surface area (Å²) in [7, 11) is 0. The molecule has 538 valence electrons. The average molecular weight is 1470 g/mol. The summed E-state index contributed by atoms with van der Waals surface area (Å²) in [5.41, 5.74) is 31.7. The first-order valence-corrected chi connectivity index (χ1v) is 39.5. The van der Waals surface area contributed by atoms with Gasteiger partial charge in [-0.15, -0.1) is 0 Å². The molecule has 1 aliphatic carbocycles. The van der Waals surface area contributed by atoms with Gasteiger partial charge in [0.05, 0.1) is 28.2 Å². The number of hydrogen-bond donors (Lipinski definition) is 0. The zero-order valence-corrected chi connectivity index (χ0v) is 62.8. The van der Waals surface area contributed by atoms with E-state index in [1.165, 1.54) is 60.7 Å². The molecule has 0 saturated carbocycles. The highest BCUT2D eigenvalue weighted by Gasteiger charge is 2.47. The monoisotopic (exact) mass is 1460 g/mol. The lowest BCUT2D eigenvalue weighted by atomic mass is 9.68. The number of hydrogen-bond acceptors (Lipinski definition) is 4. The standard InChI is InChI=1S/C111H72N2O2/c1-4-30-76(31-5-1)89-40-15-20-49-100(89)113(102-51-22-17-42-91(102)92-45-25-54-105-108(92)95-44-18-23-53-104(95)114-105)87-65-67-88(97(72-87)82-59-57-74-29-11-13-33-78(74)70-82)83-62-66-96-107(71-83)115-106-55-26-46-93(109(96)106)90-41-16-21-50-101(90)112(86-63-60-75(61-64-86)79-34-24-35-80(68-79)81-58-56-73-28-10-12-32-77(73)69-81)103-52-27-48-99-110(103)94-43-14-19-47-98(94)111(99,84-36-6-2-7-37-84)85-38-8-3-9-39-85/h1-72H. The van der Waals surface area contributed by atoms with Crippen molar-refractivity contribution in [2.24, 2.45) is 0 Å². The van der Waals surface area contributed by atoms with Crippen LogP contribution in [0.5, 0.6) is 0 Å². The fourth-order valence-corrected chi connectivity index (χ4v) is 18.6. The Balaban J connectivity index is 0.715. The first-order valence-electron chi connectivity index (χ1n) is 39.5. The minimum Gasteiger partial charge on any atom is -0.456 e. The first-order chi connectivity index (χ1) is 57.0. The summed E-state index contributed by atoms with van der Waals surface area (Å²) in [5.74, 6) is 0. The predicted octanol–water partition coefficient (Wildman–Crippen LogP) is 30.8. The van der Waals surface area contributed by atoms with Gasteiger partial charge in [0, 0.05) is 55.2 Å². The van der Waals surface area contributed by atoms with Gasteiger partial charge in [-0.3, -0.25) is 0 Å². The van der Waals surface area contributed by atoms with Crippen LogP contribution in [-0.4, -0.2) is 0 Å². The molecule has 4 nitrogen and oxygen atoms in total. The molecular formula is C111H72N2O2. The zero-order chi connectivity index (χ0) is 75.9. The lowest BCUT2D eigenvalue weighted by molar-refractivity contribution is 0.668. The lowest BCUT2D eigenvalue weighted by Crippen LogP contribution is -2.28. The van der Waals surface area contributed by atoms with Crippen LogP contribution >= 0.6 is 0 Å². The van der Waals surface area contributed by atoms with Gasteiger partial charge >= 0.3 is 0 Å². The summed E-state index contributed by atoms with van der Waals surface area (Å²) in [6, 6.07) is 160. The van der Waals surface area contributed by atoms with Gasteiger partial charge in [0.25, 0.3) is 0 Å². The molecular weight excluding hydrogens is 1390 g/mol. The van der Waals surface area contributed by atoms with Crippen LogP contribution in [0.1, 0.15) is 22.3 Å². The molecule has 21 aromatic rings. The van der Waals surface area contributed by atoms with Crippen LogP contribution in [0.15, 0.2) is 446 Å². The molecule has 4 heteroatoms. The Bertz CT molecular complexity index is 7320. The Morgan fingerprint density at radius 2 is 0.609 bits per heavy atom. The minimum atomic E-state index is -0.622. The molecule has 0 unspecified atom stereocenters.